The van der Waals surface area contributed by atoms with E-state index >= 15 is 0 Å². The summed E-state index contributed by atoms with van der Waals surface area (Å²) in [7, 11) is 0. The SMILES string of the molecule is N#Cc1cc(C=CCN)ccc1F. The zero-order valence-corrected chi connectivity index (χ0v) is 7.00. The van der Waals surface area contributed by atoms with Crippen molar-refractivity contribution in [2.45, 2.75) is 0 Å². The maximum absolute atomic E-state index is 12.8. The van der Waals surface area contributed by atoms with Gasteiger partial charge in [-0.3, -0.25) is 0 Å². The van der Waals surface area contributed by atoms with Crippen molar-refractivity contribution < 1.29 is 4.39 Å². The Kier molecular flexibility index (Phi) is 3.18. The van der Waals surface area contributed by atoms with Crippen LogP contribution in [0.5, 0.6) is 0 Å². The van der Waals surface area contributed by atoms with Crippen molar-refractivity contribution in [1.29, 1.82) is 5.26 Å². The highest BCUT2D eigenvalue weighted by molar-refractivity contribution is 5.52. The number of nitrogens with two attached hydrogens (primary N) is 1. The van der Waals surface area contributed by atoms with E-state index < -0.39 is 5.82 Å². The van der Waals surface area contributed by atoms with Gasteiger partial charge in [0, 0.05) is 6.54 Å². The molecule has 0 radical (unpaired) electrons. The summed E-state index contributed by atoms with van der Waals surface area (Å²) in [4.78, 5) is 0. The molecule has 0 saturated carbocycles. The van der Waals surface area contributed by atoms with Crippen LogP contribution in [0.3, 0.4) is 0 Å². The zero-order chi connectivity index (χ0) is 9.68. The van der Waals surface area contributed by atoms with Gasteiger partial charge in [-0.1, -0.05) is 18.2 Å². The second kappa shape index (κ2) is 4.39. The first kappa shape index (κ1) is 9.43. The van der Waals surface area contributed by atoms with E-state index in [-0.39, 0.29) is 5.56 Å². The van der Waals surface area contributed by atoms with Gasteiger partial charge in [-0.05, 0) is 17.7 Å². The summed E-state index contributed by atoms with van der Waals surface area (Å²) in [6, 6.07) is 6.13. The molecular formula is C10H9FN2. The predicted octanol–water partition coefficient (Wildman–Crippen LogP) is 1.67. The lowest BCUT2D eigenvalue weighted by Crippen LogP contribution is -1.92. The average molecular weight is 176 g/mol. The van der Waals surface area contributed by atoms with Crippen molar-refractivity contribution in [3.8, 4) is 6.07 Å². The first-order valence-corrected chi connectivity index (χ1v) is 3.84. The van der Waals surface area contributed by atoms with Gasteiger partial charge < -0.3 is 5.73 Å². The van der Waals surface area contributed by atoms with Crippen LogP contribution in [0.15, 0.2) is 24.3 Å². The van der Waals surface area contributed by atoms with E-state index in [2.05, 4.69) is 0 Å². The first-order valence-electron chi connectivity index (χ1n) is 3.84. The largest absolute Gasteiger partial charge is 0.327 e. The molecule has 0 aromatic heterocycles. The summed E-state index contributed by atoms with van der Waals surface area (Å²) in [6.07, 6.45) is 3.49. The minimum atomic E-state index is -0.493. The van der Waals surface area contributed by atoms with Gasteiger partial charge in [-0.25, -0.2) is 4.39 Å². The Morgan fingerprint density at radius 1 is 1.54 bits per heavy atom. The topological polar surface area (TPSA) is 49.8 Å². The molecule has 0 unspecified atom stereocenters. The summed E-state index contributed by atoms with van der Waals surface area (Å²) in [5.41, 5.74) is 6.09. The van der Waals surface area contributed by atoms with Gasteiger partial charge in [0.25, 0.3) is 0 Å². The second-order valence-corrected chi connectivity index (χ2v) is 2.49. The molecule has 0 spiro atoms. The van der Waals surface area contributed by atoms with Gasteiger partial charge >= 0.3 is 0 Å². The Morgan fingerprint density at radius 3 is 2.92 bits per heavy atom. The van der Waals surface area contributed by atoms with Gasteiger partial charge in [0.1, 0.15) is 11.9 Å². The summed E-state index contributed by atoms with van der Waals surface area (Å²) in [5, 5.41) is 8.53. The maximum Gasteiger partial charge on any atom is 0.140 e. The summed E-state index contributed by atoms with van der Waals surface area (Å²) in [6.45, 7) is 0.430. The molecule has 1 aromatic rings. The van der Waals surface area contributed by atoms with Crippen molar-refractivity contribution in [2.24, 2.45) is 5.73 Å². The van der Waals surface area contributed by atoms with Gasteiger partial charge in [0.15, 0.2) is 0 Å². The molecule has 0 amide bonds. The van der Waals surface area contributed by atoms with Gasteiger partial charge in [0.05, 0.1) is 5.56 Å². The maximum atomic E-state index is 12.8. The lowest BCUT2D eigenvalue weighted by molar-refractivity contribution is 0.624. The number of rotatable bonds is 2. The Hall–Kier alpha value is -1.66. The van der Waals surface area contributed by atoms with Crippen molar-refractivity contribution in [3.05, 3.63) is 41.2 Å². The van der Waals surface area contributed by atoms with Crippen LogP contribution >= 0.6 is 0 Å². The van der Waals surface area contributed by atoms with Crippen molar-refractivity contribution in [2.75, 3.05) is 6.54 Å². The van der Waals surface area contributed by atoms with E-state index in [1.165, 1.54) is 12.1 Å². The fourth-order valence-corrected chi connectivity index (χ4v) is 0.936. The number of nitriles is 1. The number of hydrogen-bond acceptors (Lipinski definition) is 2. The van der Waals surface area contributed by atoms with Gasteiger partial charge in [0.2, 0.25) is 0 Å². The van der Waals surface area contributed by atoms with E-state index in [1.54, 1.807) is 24.3 Å². The van der Waals surface area contributed by atoms with Crippen molar-refractivity contribution >= 4 is 6.08 Å². The van der Waals surface area contributed by atoms with Crippen LogP contribution in [0.25, 0.3) is 6.08 Å². The number of benzene rings is 1. The molecule has 0 aliphatic carbocycles. The molecule has 2 nitrogen and oxygen atoms in total. The predicted molar refractivity (Wildman–Crippen MR) is 49.2 cm³/mol. The molecule has 0 fully saturated rings. The second-order valence-electron chi connectivity index (χ2n) is 2.49. The van der Waals surface area contributed by atoms with E-state index in [0.29, 0.717) is 6.54 Å². The Balaban J connectivity index is 3.01. The minimum Gasteiger partial charge on any atom is -0.327 e. The summed E-state index contributed by atoms with van der Waals surface area (Å²) in [5.74, 6) is -0.493. The highest BCUT2D eigenvalue weighted by atomic mass is 19.1. The molecule has 0 aliphatic heterocycles. The highest BCUT2D eigenvalue weighted by Crippen LogP contribution is 2.10. The fraction of sp³-hybridized carbons (Fsp3) is 0.100. The number of halogens is 1. The van der Waals surface area contributed by atoms with Crippen LogP contribution in [0, 0.1) is 17.1 Å². The van der Waals surface area contributed by atoms with Crippen molar-refractivity contribution in [3.63, 3.8) is 0 Å². The smallest absolute Gasteiger partial charge is 0.140 e. The van der Waals surface area contributed by atoms with Crippen molar-refractivity contribution in [1.82, 2.24) is 0 Å². The zero-order valence-electron chi connectivity index (χ0n) is 7.00. The van der Waals surface area contributed by atoms with Gasteiger partial charge in [-0.15, -0.1) is 0 Å². The van der Waals surface area contributed by atoms with E-state index in [0.717, 1.165) is 5.56 Å². The van der Waals surface area contributed by atoms with Crippen LogP contribution in [0.2, 0.25) is 0 Å². The highest BCUT2D eigenvalue weighted by Gasteiger charge is 1.99. The molecule has 1 aromatic carbocycles. The molecule has 0 aliphatic rings. The molecule has 0 atom stereocenters. The average Bonchev–Trinajstić information content (AvgIpc) is 2.16. The fourth-order valence-electron chi connectivity index (χ4n) is 0.936. The van der Waals surface area contributed by atoms with Crippen LogP contribution < -0.4 is 5.73 Å². The molecule has 0 saturated heterocycles. The molecule has 13 heavy (non-hydrogen) atoms. The lowest BCUT2D eigenvalue weighted by Gasteiger charge is -1.95. The Morgan fingerprint density at radius 2 is 2.31 bits per heavy atom. The van der Waals surface area contributed by atoms with Crippen LogP contribution in [-0.4, -0.2) is 6.54 Å². The van der Waals surface area contributed by atoms with E-state index in [4.69, 9.17) is 11.0 Å². The minimum absolute atomic E-state index is 0.0548. The van der Waals surface area contributed by atoms with E-state index in [1.807, 2.05) is 0 Å². The van der Waals surface area contributed by atoms with Gasteiger partial charge in [-0.2, -0.15) is 5.26 Å². The van der Waals surface area contributed by atoms with Crippen LogP contribution in [0.1, 0.15) is 11.1 Å². The third-order valence-corrected chi connectivity index (χ3v) is 1.56. The molecule has 0 bridgehead atoms. The Labute approximate surface area is 76.1 Å². The summed E-state index contributed by atoms with van der Waals surface area (Å²) < 4.78 is 12.8. The Bertz CT molecular complexity index is 364. The third kappa shape index (κ3) is 2.39. The quantitative estimate of drug-likeness (QED) is 0.745. The molecular weight excluding hydrogens is 167 g/mol. The van der Waals surface area contributed by atoms with E-state index in [9.17, 15) is 4.39 Å². The van der Waals surface area contributed by atoms with Crippen LogP contribution in [0.4, 0.5) is 4.39 Å². The molecule has 2 N–H and O–H groups in total. The number of nitrogens with zero attached hydrogens (tertiary/aromatic N) is 1. The first-order chi connectivity index (χ1) is 6.27. The van der Waals surface area contributed by atoms with Crippen LogP contribution in [-0.2, 0) is 0 Å². The lowest BCUT2D eigenvalue weighted by atomic mass is 10.1. The molecule has 1 rings (SSSR count). The normalized spacial score (nSPS) is 10.2. The molecule has 0 heterocycles. The molecule has 3 heteroatoms. The standard InChI is InChI=1S/C10H9FN2/c11-10-4-3-8(2-1-5-12)6-9(10)7-13/h1-4,6H,5,12H2. The monoisotopic (exact) mass is 176 g/mol. The third-order valence-electron chi connectivity index (χ3n) is 1.56. The number of hydrogen-bond donors (Lipinski definition) is 1. The summed E-state index contributed by atoms with van der Waals surface area (Å²) >= 11 is 0. The molecule has 66 valence electrons.